The highest BCUT2D eigenvalue weighted by molar-refractivity contribution is 7.99. The number of carbonyl (C=O) groups excluding carboxylic acids is 1. The van der Waals surface area contributed by atoms with Gasteiger partial charge in [-0.1, -0.05) is 17.8 Å². The second kappa shape index (κ2) is 8.17. The molecule has 0 radical (unpaired) electrons. The molecule has 9 heteroatoms. The Morgan fingerprint density at radius 1 is 1.37 bits per heavy atom. The first-order valence-electron chi connectivity index (χ1n) is 7.96. The Morgan fingerprint density at radius 2 is 2.19 bits per heavy atom. The molecule has 0 atom stereocenters. The van der Waals surface area contributed by atoms with Crippen molar-refractivity contribution >= 4 is 23.4 Å². The molecule has 0 aliphatic carbocycles. The number of benzene rings is 1. The standard InChI is InChI=1S/C18H16F2N4O2S/c1-3-7-24-17(13-6-8-26-11(13)2)22-23-18(24)27-10-16(25)21-15-9-12(19)4-5-14(15)20/h3-6,8-9H,1,7,10H2,2H3,(H,21,25). The third-order valence-corrected chi connectivity index (χ3v) is 4.63. The molecular weight excluding hydrogens is 374 g/mol. The van der Waals surface area contributed by atoms with Crippen molar-refractivity contribution in [3.8, 4) is 11.4 Å². The Balaban J connectivity index is 1.73. The highest BCUT2D eigenvalue weighted by Gasteiger charge is 2.18. The van der Waals surface area contributed by atoms with E-state index in [1.54, 1.807) is 23.0 Å². The van der Waals surface area contributed by atoms with Crippen LogP contribution in [0.5, 0.6) is 0 Å². The van der Waals surface area contributed by atoms with Crippen LogP contribution in [-0.2, 0) is 11.3 Å². The minimum absolute atomic E-state index is 0.0460. The Bertz CT molecular complexity index is 984. The topological polar surface area (TPSA) is 73.0 Å². The van der Waals surface area contributed by atoms with Gasteiger partial charge in [-0.15, -0.1) is 16.8 Å². The highest BCUT2D eigenvalue weighted by atomic mass is 32.2. The SMILES string of the molecule is C=CCn1c(SCC(=O)Nc2cc(F)ccc2F)nnc1-c1ccoc1C. The summed E-state index contributed by atoms with van der Waals surface area (Å²) in [5.74, 6) is -0.578. The van der Waals surface area contributed by atoms with Crippen LogP contribution in [0, 0.1) is 18.6 Å². The molecule has 0 aliphatic rings. The monoisotopic (exact) mass is 390 g/mol. The maximum absolute atomic E-state index is 13.6. The van der Waals surface area contributed by atoms with Gasteiger partial charge in [0.2, 0.25) is 5.91 Å². The van der Waals surface area contributed by atoms with Crippen molar-refractivity contribution in [1.82, 2.24) is 14.8 Å². The fraction of sp³-hybridized carbons (Fsp3) is 0.167. The lowest BCUT2D eigenvalue weighted by atomic mass is 10.2. The molecule has 2 heterocycles. The van der Waals surface area contributed by atoms with E-state index in [0.29, 0.717) is 23.3 Å². The van der Waals surface area contributed by atoms with Gasteiger partial charge >= 0.3 is 0 Å². The van der Waals surface area contributed by atoms with Gasteiger partial charge in [-0.3, -0.25) is 9.36 Å². The Labute approximate surface area is 158 Å². The number of hydrogen-bond donors (Lipinski definition) is 1. The first-order chi connectivity index (χ1) is 13.0. The zero-order valence-electron chi connectivity index (χ0n) is 14.4. The van der Waals surface area contributed by atoms with Crippen LogP contribution >= 0.6 is 11.8 Å². The predicted octanol–water partition coefficient (Wildman–Crippen LogP) is 4.04. The van der Waals surface area contributed by atoms with E-state index in [1.165, 1.54) is 0 Å². The number of aromatic nitrogens is 3. The smallest absolute Gasteiger partial charge is 0.234 e. The van der Waals surface area contributed by atoms with Crippen molar-refractivity contribution in [3.05, 3.63) is 60.6 Å². The summed E-state index contributed by atoms with van der Waals surface area (Å²) in [4.78, 5) is 12.1. The van der Waals surface area contributed by atoms with Crippen molar-refractivity contribution in [1.29, 1.82) is 0 Å². The number of thioether (sulfide) groups is 1. The van der Waals surface area contributed by atoms with Crippen molar-refractivity contribution in [2.24, 2.45) is 0 Å². The maximum atomic E-state index is 13.6. The van der Waals surface area contributed by atoms with Gasteiger partial charge in [-0.25, -0.2) is 8.78 Å². The predicted molar refractivity (Wildman–Crippen MR) is 98.4 cm³/mol. The molecule has 0 fully saturated rings. The molecule has 1 amide bonds. The summed E-state index contributed by atoms with van der Waals surface area (Å²) in [5.41, 5.74) is 0.588. The van der Waals surface area contributed by atoms with E-state index >= 15 is 0 Å². The second-order valence-corrected chi connectivity index (χ2v) is 6.50. The zero-order chi connectivity index (χ0) is 19.4. The molecular formula is C18H16F2N4O2S. The van der Waals surface area contributed by atoms with Gasteiger partial charge in [-0.2, -0.15) is 0 Å². The average molecular weight is 390 g/mol. The number of hydrogen-bond acceptors (Lipinski definition) is 5. The first-order valence-corrected chi connectivity index (χ1v) is 8.94. The normalized spacial score (nSPS) is 10.8. The molecule has 0 unspecified atom stereocenters. The molecule has 0 aliphatic heterocycles. The van der Waals surface area contributed by atoms with E-state index in [-0.39, 0.29) is 11.4 Å². The number of nitrogens with zero attached hydrogens (tertiary/aromatic N) is 3. The summed E-state index contributed by atoms with van der Waals surface area (Å²) in [6.07, 6.45) is 3.25. The highest BCUT2D eigenvalue weighted by Crippen LogP contribution is 2.27. The number of furan rings is 1. The number of anilines is 1. The molecule has 0 spiro atoms. The van der Waals surface area contributed by atoms with Gasteiger partial charge < -0.3 is 9.73 Å². The van der Waals surface area contributed by atoms with Crippen LogP contribution in [0.25, 0.3) is 11.4 Å². The lowest BCUT2D eigenvalue weighted by Crippen LogP contribution is -2.15. The average Bonchev–Trinajstić information content (AvgIpc) is 3.22. The molecule has 3 aromatic rings. The lowest BCUT2D eigenvalue weighted by Gasteiger charge is -2.08. The van der Waals surface area contributed by atoms with Gasteiger partial charge in [-0.05, 0) is 25.1 Å². The fourth-order valence-electron chi connectivity index (χ4n) is 2.42. The minimum atomic E-state index is -0.706. The van der Waals surface area contributed by atoms with Crippen LogP contribution < -0.4 is 5.32 Å². The molecule has 1 aromatic carbocycles. The minimum Gasteiger partial charge on any atom is -0.469 e. The van der Waals surface area contributed by atoms with Crippen molar-refractivity contribution < 1.29 is 18.0 Å². The van der Waals surface area contributed by atoms with E-state index in [0.717, 1.165) is 35.5 Å². The van der Waals surface area contributed by atoms with Gasteiger partial charge in [0, 0.05) is 12.6 Å². The number of rotatable bonds is 7. The molecule has 6 nitrogen and oxygen atoms in total. The van der Waals surface area contributed by atoms with E-state index in [9.17, 15) is 13.6 Å². The lowest BCUT2D eigenvalue weighted by molar-refractivity contribution is -0.113. The Hall–Kier alpha value is -2.94. The molecule has 3 rings (SSSR count). The quantitative estimate of drug-likeness (QED) is 0.487. The largest absolute Gasteiger partial charge is 0.469 e. The summed E-state index contributed by atoms with van der Waals surface area (Å²) in [6, 6.07) is 4.65. The molecule has 140 valence electrons. The third-order valence-electron chi connectivity index (χ3n) is 3.66. The summed E-state index contributed by atoms with van der Waals surface area (Å²) in [6.45, 7) is 5.98. The number of halogens is 2. The second-order valence-electron chi connectivity index (χ2n) is 5.56. The van der Waals surface area contributed by atoms with Gasteiger partial charge in [0.05, 0.1) is 23.3 Å². The van der Waals surface area contributed by atoms with Gasteiger partial charge in [0.15, 0.2) is 11.0 Å². The van der Waals surface area contributed by atoms with Crippen LogP contribution in [0.1, 0.15) is 5.76 Å². The summed E-state index contributed by atoms with van der Waals surface area (Å²) >= 11 is 1.13. The van der Waals surface area contributed by atoms with Crippen LogP contribution in [0.3, 0.4) is 0 Å². The number of nitrogens with one attached hydrogen (secondary N) is 1. The molecule has 27 heavy (non-hydrogen) atoms. The number of aryl methyl sites for hydroxylation is 1. The summed E-state index contributed by atoms with van der Waals surface area (Å²) in [5, 5.41) is 11.1. The van der Waals surface area contributed by atoms with Crippen LogP contribution in [0.4, 0.5) is 14.5 Å². The van der Waals surface area contributed by atoms with Crippen LogP contribution in [0.15, 0.2) is 52.8 Å². The zero-order valence-corrected chi connectivity index (χ0v) is 15.2. The van der Waals surface area contributed by atoms with E-state index in [2.05, 4.69) is 22.1 Å². The fourth-order valence-corrected chi connectivity index (χ4v) is 3.16. The maximum Gasteiger partial charge on any atom is 0.234 e. The Kier molecular flexibility index (Phi) is 5.70. The van der Waals surface area contributed by atoms with Crippen molar-refractivity contribution in [3.63, 3.8) is 0 Å². The number of carbonyl (C=O) groups is 1. The molecule has 0 saturated heterocycles. The summed E-state index contributed by atoms with van der Waals surface area (Å²) in [7, 11) is 0. The van der Waals surface area contributed by atoms with E-state index < -0.39 is 17.5 Å². The van der Waals surface area contributed by atoms with Crippen LogP contribution in [0.2, 0.25) is 0 Å². The molecule has 1 N–H and O–H groups in total. The summed E-state index contributed by atoms with van der Waals surface area (Å²) < 4.78 is 33.9. The third kappa shape index (κ3) is 4.25. The van der Waals surface area contributed by atoms with Crippen molar-refractivity contribution in [2.45, 2.75) is 18.6 Å². The van der Waals surface area contributed by atoms with Gasteiger partial charge in [0.25, 0.3) is 0 Å². The molecule has 0 bridgehead atoms. The van der Waals surface area contributed by atoms with E-state index in [1.807, 2.05) is 6.92 Å². The Morgan fingerprint density at radius 3 is 2.89 bits per heavy atom. The van der Waals surface area contributed by atoms with E-state index in [4.69, 9.17) is 4.42 Å². The number of allylic oxidation sites excluding steroid dienone is 1. The molecule has 0 saturated carbocycles. The first kappa shape index (κ1) is 18.8. The van der Waals surface area contributed by atoms with Crippen LogP contribution in [-0.4, -0.2) is 26.4 Å². The van der Waals surface area contributed by atoms with Crippen molar-refractivity contribution in [2.75, 3.05) is 11.1 Å². The van der Waals surface area contributed by atoms with Gasteiger partial charge in [0.1, 0.15) is 17.4 Å². The number of amides is 1. The molecule has 2 aromatic heterocycles.